The van der Waals surface area contributed by atoms with Crippen LogP contribution in [0.4, 0.5) is 9.59 Å². The largest absolute Gasteiger partial charge is 0.474 e. The van der Waals surface area contributed by atoms with E-state index < -0.39 is 11.6 Å². The first kappa shape index (κ1) is 43.5. The zero-order valence-corrected chi connectivity index (χ0v) is 35.2. The summed E-state index contributed by atoms with van der Waals surface area (Å²) in [6, 6.07) is 4.46. The molecule has 4 unspecified atom stereocenters. The minimum Gasteiger partial charge on any atom is -0.474 e. The van der Waals surface area contributed by atoms with Gasteiger partial charge in [-0.05, 0) is 93.2 Å². The van der Waals surface area contributed by atoms with Crippen LogP contribution in [0.25, 0.3) is 0 Å². The lowest BCUT2D eigenvalue weighted by molar-refractivity contribution is 0.0196. The van der Waals surface area contributed by atoms with Crippen LogP contribution in [0.1, 0.15) is 102 Å². The maximum absolute atomic E-state index is 12.5. The average molecular weight is 830 g/mol. The maximum Gasteiger partial charge on any atom is 0.410 e. The average Bonchev–Trinajstić information content (AvgIpc) is 3.58. The molecule has 57 heavy (non-hydrogen) atoms. The Kier molecular flexibility index (Phi) is 15.0. The van der Waals surface area contributed by atoms with Crippen LogP contribution in [0, 0.1) is 27.7 Å². The van der Waals surface area contributed by atoms with E-state index in [0.29, 0.717) is 28.5 Å². The maximum atomic E-state index is 12.5. The second-order valence-electron chi connectivity index (χ2n) is 15.3. The topological polar surface area (TPSA) is 185 Å². The fraction of sp³-hybridized carbons (Fsp3) is 0.615. The molecule has 18 heteroatoms. The van der Waals surface area contributed by atoms with E-state index in [1.165, 1.54) is 12.7 Å². The van der Waals surface area contributed by atoms with E-state index in [2.05, 4.69) is 24.9 Å². The van der Waals surface area contributed by atoms with Gasteiger partial charge < -0.3 is 33.5 Å². The fourth-order valence-corrected chi connectivity index (χ4v) is 8.07. The monoisotopic (exact) mass is 829 g/mol. The molecule has 0 radical (unpaired) electrons. The third-order valence-electron chi connectivity index (χ3n) is 10.4. The number of fused-ring (bicyclic) bond motifs is 4. The summed E-state index contributed by atoms with van der Waals surface area (Å²) in [6.45, 7) is 15.1. The van der Waals surface area contributed by atoms with Crippen molar-refractivity contribution in [3.63, 3.8) is 0 Å². The van der Waals surface area contributed by atoms with Gasteiger partial charge in [0, 0.05) is 61.1 Å². The van der Waals surface area contributed by atoms with Crippen molar-refractivity contribution in [2.24, 2.45) is 0 Å². The molecule has 4 bridgehead atoms. The van der Waals surface area contributed by atoms with Gasteiger partial charge in [0.25, 0.3) is 0 Å². The van der Waals surface area contributed by atoms with Crippen LogP contribution in [0.5, 0.6) is 23.4 Å². The number of hydrogen-bond donors (Lipinski definition) is 0. The highest BCUT2D eigenvalue weighted by atomic mass is 35.5. The smallest absolute Gasteiger partial charge is 0.410 e. The Labute approximate surface area is 342 Å². The number of carbonyl (C=O) groups is 2. The van der Waals surface area contributed by atoms with E-state index in [9.17, 15) is 9.59 Å². The van der Waals surface area contributed by atoms with Crippen molar-refractivity contribution in [1.29, 1.82) is 0 Å². The third-order valence-corrected chi connectivity index (χ3v) is 10.8. The molecular formula is C39H52ClN7O9S. The Bertz CT molecular complexity index is 1890. The lowest BCUT2D eigenvalue weighted by atomic mass is 10.0. The molecule has 0 aliphatic carbocycles. The first-order valence-corrected chi connectivity index (χ1v) is 20.4. The zero-order valence-electron chi connectivity index (χ0n) is 33.7. The predicted molar refractivity (Wildman–Crippen MR) is 209 cm³/mol. The molecule has 0 N–H and O–H groups in total. The first-order valence-electron chi connectivity index (χ1n) is 19.3. The van der Waals surface area contributed by atoms with Gasteiger partial charge >= 0.3 is 23.8 Å². The van der Waals surface area contributed by atoms with E-state index in [1.54, 1.807) is 0 Å². The van der Waals surface area contributed by atoms with Gasteiger partial charge in [-0.3, -0.25) is 4.98 Å². The van der Waals surface area contributed by atoms with Crippen molar-refractivity contribution < 1.29 is 41.7 Å². The second kappa shape index (κ2) is 19.7. The summed E-state index contributed by atoms with van der Waals surface area (Å²) < 4.78 is 45.7. The number of ether oxygens (including phenoxy) is 5. The number of nitrogens with zero attached hydrogens (tertiary/aromatic N) is 7. The molecule has 0 saturated carbocycles. The summed E-state index contributed by atoms with van der Waals surface area (Å²) in [5.74, 6) is 2.17. The molecule has 16 nitrogen and oxygen atoms in total. The highest BCUT2D eigenvalue weighted by Crippen LogP contribution is 2.40. The molecule has 310 valence electrons. The van der Waals surface area contributed by atoms with Gasteiger partial charge in [0.1, 0.15) is 30.0 Å². The predicted octanol–water partition coefficient (Wildman–Crippen LogP) is 7.20. The molecule has 3 aromatic heterocycles. The second-order valence-corrected chi connectivity index (χ2v) is 15.8. The van der Waals surface area contributed by atoms with E-state index in [4.69, 9.17) is 43.7 Å². The van der Waals surface area contributed by atoms with Gasteiger partial charge in [-0.1, -0.05) is 11.6 Å². The van der Waals surface area contributed by atoms with Crippen LogP contribution >= 0.6 is 11.6 Å². The molecule has 4 saturated heterocycles. The summed E-state index contributed by atoms with van der Waals surface area (Å²) in [4.78, 5) is 49.7. The van der Waals surface area contributed by atoms with E-state index in [1.807, 2.05) is 77.3 Å². The molecule has 4 aliphatic heterocycles. The Morgan fingerprint density at radius 3 is 1.54 bits per heavy atom. The molecule has 0 aromatic carbocycles. The number of aryl methyl sites for hydroxylation is 2. The van der Waals surface area contributed by atoms with Crippen LogP contribution < -0.4 is 14.2 Å². The highest BCUT2D eigenvalue weighted by molar-refractivity contribution is 7.51. The molecule has 7 rings (SSSR count). The van der Waals surface area contributed by atoms with E-state index in [0.717, 1.165) is 73.9 Å². The molecule has 7 heterocycles. The lowest BCUT2D eigenvalue weighted by Crippen LogP contribution is -2.50. The Balaban J connectivity index is 0.000000211. The molecule has 6 atom stereocenters. The van der Waals surface area contributed by atoms with Crippen LogP contribution in [0.3, 0.4) is 0 Å². The summed E-state index contributed by atoms with van der Waals surface area (Å²) >= 11 is 5.26. The van der Waals surface area contributed by atoms with Crippen LogP contribution in [0.2, 0.25) is 5.15 Å². The molecule has 0 spiro atoms. The van der Waals surface area contributed by atoms with E-state index in [-0.39, 0.29) is 60.8 Å². The van der Waals surface area contributed by atoms with Gasteiger partial charge in [0.15, 0.2) is 5.75 Å². The van der Waals surface area contributed by atoms with Gasteiger partial charge in [-0.15, -0.1) is 0 Å². The summed E-state index contributed by atoms with van der Waals surface area (Å²) in [6.07, 6.45) is 9.37. The Hall–Kier alpha value is -4.64. The Morgan fingerprint density at radius 2 is 1.11 bits per heavy atom. The lowest BCUT2D eigenvalue weighted by Gasteiger charge is -2.38. The van der Waals surface area contributed by atoms with Gasteiger partial charge in [0.05, 0.1) is 23.5 Å². The van der Waals surface area contributed by atoms with Crippen molar-refractivity contribution in [2.45, 2.75) is 155 Å². The number of carbonyl (C=O) groups excluding carboxylic acids is 2. The minimum atomic E-state index is -0.750. The SMILES string of the molecule is Cc1c(Cl)ncnc1OC1CC2CC[C@@H](C1)N2C(=O)OC(C)C.Cc1ccc(Oc2ncnc(OC3CC4CC[C@@H](C3)N4C(=O)OC(C)C)c2C)c(C)n1.O=S=O. The number of hydrogen-bond acceptors (Lipinski definition) is 14. The summed E-state index contributed by atoms with van der Waals surface area (Å²) in [5.41, 5.74) is 3.24. The fourth-order valence-electron chi connectivity index (χ4n) is 7.94. The van der Waals surface area contributed by atoms with Crippen molar-refractivity contribution in [2.75, 3.05) is 0 Å². The number of halogens is 1. The molecule has 3 aromatic rings. The van der Waals surface area contributed by atoms with Crippen molar-refractivity contribution in [1.82, 2.24) is 34.7 Å². The van der Waals surface area contributed by atoms with Crippen LogP contribution in [-0.4, -0.2) is 104 Å². The number of aromatic nitrogens is 5. The molecule has 4 aliphatic rings. The summed E-state index contributed by atoms with van der Waals surface area (Å²) in [7, 11) is 0. The van der Waals surface area contributed by atoms with Gasteiger partial charge in [0.2, 0.25) is 17.6 Å². The number of pyridine rings is 1. The van der Waals surface area contributed by atoms with Gasteiger partial charge in [-0.2, -0.15) is 8.42 Å². The molecular weight excluding hydrogens is 778 g/mol. The first-order chi connectivity index (χ1) is 27.2. The van der Waals surface area contributed by atoms with Crippen molar-refractivity contribution >= 4 is 35.4 Å². The highest BCUT2D eigenvalue weighted by Gasteiger charge is 2.46. The number of rotatable bonds is 8. The zero-order chi connectivity index (χ0) is 41.4. The minimum absolute atomic E-state index is 0.00942. The molecule has 2 amide bonds. The number of amides is 2. The van der Waals surface area contributed by atoms with Crippen LogP contribution in [0.15, 0.2) is 24.8 Å². The normalized spacial score (nSPS) is 23.1. The van der Waals surface area contributed by atoms with Crippen LogP contribution in [-0.2, 0) is 21.0 Å². The Morgan fingerprint density at radius 1 is 0.684 bits per heavy atom. The standard InChI is InChI=1S/C23H30N4O4.C16H22ClN3O3.O2S/c1-13(2)29-23(28)27-17-7-8-18(27)11-19(10-17)30-21-15(4)22(25-12-24-21)31-20-9-6-14(3)26-16(20)5;1-9(2)22-16(21)20-11-4-5-12(20)7-13(6-11)23-15-10(3)14(17)18-8-19-15;1-3-2/h6,9,12-13,17-19H,7-8,10-11H2,1-5H3;8-9,11-13H,4-7H2,1-3H3;/t17-,18?,19?;11-,12?,13?;/m00./s1. The van der Waals surface area contributed by atoms with Crippen molar-refractivity contribution in [3.8, 4) is 23.4 Å². The number of piperidine rings is 2. The third kappa shape index (κ3) is 11.1. The quantitative estimate of drug-likeness (QED) is 0.208. The van der Waals surface area contributed by atoms with Gasteiger partial charge in [-0.25, -0.2) is 29.5 Å². The van der Waals surface area contributed by atoms with E-state index >= 15 is 0 Å². The van der Waals surface area contributed by atoms with Crippen molar-refractivity contribution in [3.05, 3.63) is 52.5 Å². The summed E-state index contributed by atoms with van der Waals surface area (Å²) in [5, 5.41) is 0.413. The molecule has 4 fully saturated rings.